The van der Waals surface area contributed by atoms with Gasteiger partial charge in [-0.15, -0.1) is 5.10 Å². The zero-order valence-corrected chi connectivity index (χ0v) is 17.4. The molecule has 7 nitrogen and oxygen atoms in total. The monoisotopic (exact) mass is 423 g/mol. The smallest absolute Gasteiger partial charge is 0.293 e. The van der Waals surface area contributed by atoms with E-state index in [1.165, 1.54) is 6.92 Å². The minimum absolute atomic E-state index is 0.0620. The SMILES string of the molecule is CCc1nc(C(=O)N2CCCC(CNC(C)=O)C2)nn1-c1c(Cl)cccc1Cl. The molecule has 0 saturated carbocycles. The van der Waals surface area contributed by atoms with Crippen LogP contribution in [0, 0.1) is 5.92 Å². The molecule has 1 fully saturated rings. The van der Waals surface area contributed by atoms with E-state index in [0.29, 0.717) is 47.6 Å². The zero-order valence-electron chi connectivity index (χ0n) is 15.9. The predicted octanol–water partition coefficient (Wildman–Crippen LogP) is 3.12. The third kappa shape index (κ3) is 4.47. The van der Waals surface area contributed by atoms with Crippen molar-refractivity contribution in [2.75, 3.05) is 19.6 Å². The molecule has 1 aliphatic rings. The number of hydrogen-bond donors (Lipinski definition) is 1. The van der Waals surface area contributed by atoms with Crippen molar-refractivity contribution in [3.8, 4) is 5.69 Å². The number of likely N-dealkylation sites (tertiary alicyclic amines) is 1. The van der Waals surface area contributed by atoms with Gasteiger partial charge < -0.3 is 10.2 Å². The van der Waals surface area contributed by atoms with Crippen LogP contribution in [-0.2, 0) is 11.2 Å². The lowest BCUT2D eigenvalue weighted by atomic mass is 9.98. The van der Waals surface area contributed by atoms with E-state index in [1.54, 1.807) is 27.8 Å². The topological polar surface area (TPSA) is 80.1 Å². The summed E-state index contributed by atoms with van der Waals surface area (Å²) in [6.07, 6.45) is 2.43. The molecule has 0 aliphatic carbocycles. The molecule has 1 aliphatic heterocycles. The Bertz CT molecular complexity index is 863. The first-order valence-corrected chi connectivity index (χ1v) is 10.1. The highest BCUT2D eigenvalue weighted by molar-refractivity contribution is 6.37. The van der Waals surface area contributed by atoms with Crippen molar-refractivity contribution in [2.45, 2.75) is 33.1 Å². The average molecular weight is 424 g/mol. The number of rotatable bonds is 5. The van der Waals surface area contributed by atoms with Gasteiger partial charge in [-0.1, -0.05) is 36.2 Å². The predicted molar refractivity (Wildman–Crippen MR) is 108 cm³/mol. The van der Waals surface area contributed by atoms with E-state index >= 15 is 0 Å². The fraction of sp³-hybridized carbons (Fsp3) is 0.474. The van der Waals surface area contributed by atoms with Crippen LogP contribution in [0.3, 0.4) is 0 Å². The molecule has 1 aromatic carbocycles. The number of piperidine rings is 1. The maximum Gasteiger partial charge on any atom is 0.293 e. The summed E-state index contributed by atoms with van der Waals surface area (Å²) in [4.78, 5) is 30.3. The third-order valence-corrected chi connectivity index (χ3v) is 5.39. The van der Waals surface area contributed by atoms with E-state index in [-0.39, 0.29) is 23.6 Å². The molecule has 3 rings (SSSR count). The normalized spacial score (nSPS) is 16.9. The summed E-state index contributed by atoms with van der Waals surface area (Å²) in [6, 6.07) is 5.21. The number of benzene rings is 1. The van der Waals surface area contributed by atoms with Crippen LogP contribution >= 0.6 is 23.2 Å². The van der Waals surface area contributed by atoms with E-state index < -0.39 is 0 Å². The standard InChI is InChI=1S/C19H23Cl2N5O2/c1-3-16-23-18(24-26(16)17-14(20)7-4-8-15(17)21)19(28)25-9-5-6-13(11-25)10-22-12(2)27/h4,7-8,13H,3,5-6,9-11H2,1-2H3,(H,22,27). The van der Waals surface area contributed by atoms with Crippen molar-refractivity contribution in [2.24, 2.45) is 5.92 Å². The Morgan fingerprint density at radius 3 is 2.64 bits per heavy atom. The molecular formula is C19H23Cl2N5O2. The van der Waals surface area contributed by atoms with Crippen molar-refractivity contribution in [1.29, 1.82) is 0 Å². The van der Waals surface area contributed by atoms with Crippen molar-refractivity contribution < 1.29 is 9.59 Å². The van der Waals surface area contributed by atoms with E-state index in [4.69, 9.17) is 23.2 Å². The van der Waals surface area contributed by atoms with Gasteiger partial charge in [0.1, 0.15) is 11.5 Å². The summed E-state index contributed by atoms with van der Waals surface area (Å²) in [7, 11) is 0. The molecule has 1 atom stereocenters. The second-order valence-electron chi connectivity index (χ2n) is 6.88. The molecule has 0 radical (unpaired) electrons. The van der Waals surface area contributed by atoms with Crippen LogP contribution in [0.1, 0.15) is 43.1 Å². The number of hydrogen-bond acceptors (Lipinski definition) is 4. The average Bonchev–Trinajstić information content (AvgIpc) is 3.10. The van der Waals surface area contributed by atoms with Crippen LogP contribution in [0.2, 0.25) is 10.0 Å². The number of aryl methyl sites for hydroxylation is 1. The number of para-hydroxylation sites is 1. The quantitative estimate of drug-likeness (QED) is 0.800. The van der Waals surface area contributed by atoms with Gasteiger partial charge in [-0.3, -0.25) is 9.59 Å². The number of aromatic nitrogens is 3. The highest BCUT2D eigenvalue weighted by atomic mass is 35.5. The number of halogens is 2. The largest absolute Gasteiger partial charge is 0.356 e. The van der Waals surface area contributed by atoms with Gasteiger partial charge in [0.15, 0.2) is 0 Å². The number of carbonyl (C=O) groups excluding carboxylic acids is 2. The Balaban J connectivity index is 1.83. The molecule has 1 N–H and O–H groups in total. The van der Waals surface area contributed by atoms with Crippen LogP contribution in [0.25, 0.3) is 5.69 Å². The van der Waals surface area contributed by atoms with E-state index in [9.17, 15) is 9.59 Å². The van der Waals surface area contributed by atoms with E-state index in [2.05, 4.69) is 15.4 Å². The van der Waals surface area contributed by atoms with Gasteiger partial charge in [0.25, 0.3) is 5.91 Å². The lowest BCUT2D eigenvalue weighted by Crippen LogP contribution is -2.43. The molecule has 150 valence electrons. The van der Waals surface area contributed by atoms with Gasteiger partial charge in [0, 0.05) is 33.0 Å². The second-order valence-corrected chi connectivity index (χ2v) is 7.70. The summed E-state index contributed by atoms with van der Waals surface area (Å²) in [5.41, 5.74) is 0.524. The molecule has 9 heteroatoms. The van der Waals surface area contributed by atoms with Gasteiger partial charge in [-0.2, -0.15) is 0 Å². The van der Waals surface area contributed by atoms with Crippen molar-refractivity contribution in [1.82, 2.24) is 25.0 Å². The molecule has 1 aromatic heterocycles. The number of carbonyl (C=O) groups is 2. The first kappa shape index (κ1) is 20.6. The number of nitrogens with zero attached hydrogens (tertiary/aromatic N) is 4. The number of amides is 2. The Morgan fingerprint density at radius 2 is 2.00 bits per heavy atom. The van der Waals surface area contributed by atoms with Crippen molar-refractivity contribution >= 4 is 35.0 Å². The van der Waals surface area contributed by atoms with Crippen LogP contribution in [-0.4, -0.2) is 51.1 Å². The number of nitrogens with one attached hydrogen (secondary N) is 1. The first-order valence-electron chi connectivity index (χ1n) is 9.34. The first-order chi connectivity index (χ1) is 13.4. The Hall–Kier alpha value is -2.12. The fourth-order valence-corrected chi connectivity index (χ4v) is 3.94. The second kappa shape index (κ2) is 8.92. The van der Waals surface area contributed by atoms with Crippen molar-refractivity contribution in [3.05, 3.63) is 39.9 Å². The molecular weight excluding hydrogens is 401 g/mol. The summed E-state index contributed by atoms with van der Waals surface area (Å²) >= 11 is 12.6. The molecule has 0 spiro atoms. The Labute approximate surface area is 174 Å². The molecule has 0 bridgehead atoms. The lowest BCUT2D eigenvalue weighted by Gasteiger charge is -2.32. The fourth-order valence-electron chi connectivity index (χ4n) is 3.38. The van der Waals surface area contributed by atoms with Gasteiger partial charge in [-0.05, 0) is 30.9 Å². The van der Waals surface area contributed by atoms with Gasteiger partial charge >= 0.3 is 0 Å². The van der Waals surface area contributed by atoms with E-state index in [0.717, 1.165) is 12.8 Å². The zero-order chi connectivity index (χ0) is 20.3. The lowest BCUT2D eigenvalue weighted by molar-refractivity contribution is -0.119. The van der Waals surface area contributed by atoms with Crippen molar-refractivity contribution in [3.63, 3.8) is 0 Å². The molecule has 2 heterocycles. The highest BCUT2D eigenvalue weighted by Crippen LogP contribution is 2.29. The minimum Gasteiger partial charge on any atom is -0.356 e. The maximum absolute atomic E-state index is 13.0. The third-order valence-electron chi connectivity index (χ3n) is 4.78. The van der Waals surface area contributed by atoms with Crippen LogP contribution in [0.15, 0.2) is 18.2 Å². The van der Waals surface area contributed by atoms with Gasteiger partial charge in [0.2, 0.25) is 11.7 Å². The minimum atomic E-state index is -0.218. The van der Waals surface area contributed by atoms with Crippen LogP contribution in [0.5, 0.6) is 0 Å². The molecule has 1 unspecified atom stereocenters. The van der Waals surface area contributed by atoms with Gasteiger partial charge in [0.05, 0.1) is 10.0 Å². The van der Waals surface area contributed by atoms with Crippen LogP contribution in [0.4, 0.5) is 0 Å². The van der Waals surface area contributed by atoms with Gasteiger partial charge in [-0.25, -0.2) is 9.67 Å². The van der Waals surface area contributed by atoms with Crippen LogP contribution < -0.4 is 5.32 Å². The Kier molecular flexibility index (Phi) is 6.57. The maximum atomic E-state index is 13.0. The summed E-state index contributed by atoms with van der Waals surface area (Å²) in [6.45, 7) is 5.22. The molecule has 1 saturated heterocycles. The summed E-state index contributed by atoms with van der Waals surface area (Å²) in [5, 5.41) is 8.14. The Morgan fingerprint density at radius 1 is 1.29 bits per heavy atom. The highest BCUT2D eigenvalue weighted by Gasteiger charge is 2.28. The summed E-state index contributed by atoms with van der Waals surface area (Å²) in [5.74, 6) is 0.697. The van der Waals surface area contributed by atoms with E-state index in [1.807, 2.05) is 6.92 Å². The molecule has 2 amide bonds. The molecule has 28 heavy (non-hydrogen) atoms. The molecule has 2 aromatic rings. The summed E-state index contributed by atoms with van der Waals surface area (Å²) < 4.78 is 1.55.